The van der Waals surface area contributed by atoms with Crippen molar-refractivity contribution in [2.24, 2.45) is 0 Å². The van der Waals surface area contributed by atoms with Crippen LogP contribution in [0.25, 0.3) is 34.4 Å². The van der Waals surface area contributed by atoms with Crippen molar-refractivity contribution < 1.29 is 14.3 Å². The quantitative estimate of drug-likeness (QED) is 0.336. The summed E-state index contributed by atoms with van der Waals surface area (Å²) in [5, 5.41) is 23.4. The van der Waals surface area contributed by atoms with Gasteiger partial charge in [0.05, 0.1) is 23.3 Å². The van der Waals surface area contributed by atoms with Crippen LogP contribution in [0.3, 0.4) is 0 Å². The number of carbonyl (C=O) groups is 1. The fourth-order valence-corrected chi connectivity index (χ4v) is 3.79. The first-order valence-corrected chi connectivity index (χ1v) is 11.0. The van der Waals surface area contributed by atoms with Gasteiger partial charge in [0, 0.05) is 16.0 Å². The van der Waals surface area contributed by atoms with Gasteiger partial charge in [-0.25, -0.2) is 14.2 Å². The number of tetrazole rings is 1. The van der Waals surface area contributed by atoms with Crippen molar-refractivity contribution in [3.05, 3.63) is 106 Å². The summed E-state index contributed by atoms with van der Waals surface area (Å²) >= 11 is 6.08. The number of benzene rings is 3. The first kappa shape index (κ1) is 22.4. The number of hydrogen-bond acceptors (Lipinski definition) is 5. The summed E-state index contributed by atoms with van der Waals surface area (Å²) in [7, 11) is 0. The molecule has 0 spiro atoms. The SMILES string of the molecule is O=C(O)c1cc(F)ccc1Cn1nnc(-c2cccc(/C=C/c3ccc4ccc(Cl)cc4n3)c2)n1. The molecule has 1 N–H and O–H groups in total. The molecule has 0 radical (unpaired) electrons. The van der Waals surface area contributed by atoms with Crippen LogP contribution in [0.15, 0.2) is 72.8 Å². The van der Waals surface area contributed by atoms with Crippen LogP contribution >= 0.6 is 11.6 Å². The van der Waals surface area contributed by atoms with Crippen molar-refractivity contribution in [1.29, 1.82) is 0 Å². The lowest BCUT2D eigenvalue weighted by Crippen LogP contribution is -2.10. The van der Waals surface area contributed by atoms with E-state index in [1.807, 2.05) is 66.7 Å². The van der Waals surface area contributed by atoms with Gasteiger partial charge in [-0.3, -0.25) is 0 Å². The maximum Gasteiger partial charge on any atom is 0.336 e. The zero-order valence-electron chi connectivity index (χ0n) is 18.1. The molecule has 5 aromatic rings. The monoisotopic (exact) mass is 485 g/mol. The zero-order chi connectivity index (χ0) is 24.4. The summed E-state index contributed by atoms with van der Waals surface area (Å²) in [6, 6.07) is 20.7. The van der Waals surface area contributed by atoms with Gasteiger partial charge in [-0.2, -0.15) is 4.80 Å². The van der Waals surface area contributed by atoms with E-state index in [4.69, 9.17) is 11.6 Å². The van der Waals surface area contributed by atoms with Gasteiger partial charge in [0.2, 0.25) is 5.82 Å². The summed E-state index contributed by atoms with van der Waals surface area (Å²) in [5.74, 6) is -1.45. The summed E-state index contributed by atoms with van der Waals surface area (Å²) < 4.78 is 13.4. The van der Waals surface area contributed by atoms with Crippen molar-refractivity contribution in [2.75, 3.05) is 0 Å². The van der Waals surface area contributed by atoms with E-state index < -0.39 is 11.8 Å². The van der Waals surface area contributed by atoms with Gasteiger partial charge in [-0.1, -0.05) is 54.1 Å². The number of nitrogens with zero attached hydrogens (tertiary/aromatic N) is 5. The van der Waals surface area contributed by atoms with Crippen LogP contribution in [0.1, 0.15) is 27.2 Å². The number of rotatable bonds is 6. The van der Waals surface area contributed by atoms with E-state index in [1.54, 1.807) is 0 Å². The van der Waals surface area contributed by atoms with Gasteiger partial charge in [0.15, 0.2) is 0 Å². The number of carboxylic acid groups (broad SMARTS) is 1. The highest BCUT2D eigenvalue weighted by molar-refractivity contribution is 6.31. The van der Waals surface area contributed by atoms with Gasteiger partial charge < -0.3 is 5.11 Å². The average molecular weight is 486 g/mol. The van der Waals surface area contributed by atoms with E-state index in [2.05, 4.69) is 20.4 Å². The first-order chi connectivity index (χ1) is 16.9. The molecular formula is C26H17ClFN5O2. The number of hydrogen-bond donors (Lipinski definition) is 1. The predicted octanol–water partition coefficient (Wildman–Crippen LogP) is 5.60. The Kier molecular flexibility index (Phi) is 6.03. The maximum atomic E-state index is 13.4. The molecule has 0 atom stereocenters. The summed E-state index contributed by atoms with van der Waals surface area (Å²) in [6.07, 6.45) is 3.84. The maximum absolute atomic E-state index is 13.4. The van der Waals surface area contributed by atoms with Crippen molar-refractivity contribution in [2.45, 2.75) is 6.54 Å². The first-order valence-electron chi connectivity index (χ1n) is 10.6. The number of aromatic nitrogens is 5. The molecule has 0 unspecified atom stereocenters. The van der Waals surface area contributed by atoms with Gasteiger partial charge in [0.25, 0.3) is 0 Å². The molecule has 0 aliphatic rings. The van der Waals surface area contributed by atoms with Gasteiger partial charge in [0.1, 0.15) is 5.82 Å². The van der Waals surface area contributed by atoms with E-state index in [0.29, 0.717) is 16.4 Å². The third-order valence-corrected chi connectivity index (χ3v) is 5.57. The lowest BCUT2D eigenvalue weighted by molar-refractivity contribution is 0.0695. The molecule has 35 heavy (non-hydrogen) atoms. The van der Waals surface area contributed by atoms with Crippen LogP contribution in [0, 0.1) is 5.82 Å². The smallest absolute Gasteiger partial charge is 0.336 e. The van der Waals surface area contributed by atoms with Crippen LogP contribution in [0.2, 0.25) is 5.02 Å². The highest BCUT2D eigenvalue weighted by Crippen LogP contribution is 2.21. The largest absolute Gasteiger partial charge is 0.478 e. The Morgan fingerprint density at radius 2 is 1.89 bits per heavy atom. The third-order valence-electron chi connectivity index (χ3n) is 5.33. The Morgan fingerprint density at radius 3 is 2.74 bits per heavy atom. The highest BCUT2D eigenvalue weighted by atomic mass is 35.5. The van der Waals surface area contributed by atoms with Crippen molar-refractivity contribution in [3.63, 3.8) is 0 Å². The van der Waals surface area contributed by atoms with E-state index in [1.165, 1.54) is 16.9 Å². The number of halogens is 2. The summed E-state index contributed by atoms with van der Waals surface area (Å²) in [5.41, 5.74) is 3.52. The molecule has 2 heterocycles. The van der Waals surface area contributed by atoms with E-state index in [9.17, 15) is 14.3 Å². The Balaban J connectivity index is 1.36. The van der Waals surface area contributed by atoms with Crippen molar-refractivity contribution >= 4 is 40.6 Å². The van der Waals surface area contributed by atoms with E-state index >= 15 is 0 Å². The lowest BCUT2D eigenvalue weighted by atomic mass is 10.1. The minimum absolute atomic E-state index is 0.0478. The van der Waals surface area contributed by atoms with Gasteiger partial charge in [-0.05, 0) is 58.8 Å². The summed E-state index contributed by atoms with van der Waals surface area (Å²) in [6.45, 7) is 0.0478. The fraction of sp³-hybridized carbons (Fsp3) is 0.0385. The minimum Gasteiger partial charge on any atom is -0.478 e. The number of fused-ring (bicyclic) bond motifs is 1. The Bertz CT molecular complexity index is 1600. The number of aromatic carboxylic acids is 1. The van der Waals surface area contributed by atoms with Crippen LogP contribution in [-0.4, -0.2) is 36.3 Å². The van der Waals surface area contributed by atoms with Crippen molar-refractivity contribution in [1.82, 2.24) is 25.2 Å². The number of pyridine rings is 1. The van der Waals surface area contributed by atoms with E-state index in [-0.39, 0.29) is 12.1 Å². The predicted molar refractivity (Wildman–Crippen MR) is 131 cm³/mol. The average Bonchev–Trinajstić information content (AvgIpc) is 3.32. The standard InChI is InChI=1S/C26H17ClFN5O2/c27-20-8-5-17-7-11-22(29-24(17)13-20)10-4-16-2-1-3-18(12-16)25-30-32-33(31-25)15-19-6-9-21(28)14-23(19)26(34)35/h1-14H,15H2,(H,34,35)/b10-4+. The van der Waals surface area contributed by atoms with Crippen molar-refractivity contribution in [3.8, 4) is 11.4 Å². The molecule has 2 aromatic heterocycles. The van der Waals surface area contributed by atoms with Crippen LogP contribution < -0.4 is 0 Å². The van der Waals surface area contributed by atoms with Gasteiger partial charge >= 0.3 is 5.97 Å². The highest BCUT2D eigenvalue weighted by Gasteiger charge is 2.14. The van der Waals surface area contributed by atoms with Crippen LogP contribution in [-0.2, 0) is 6.54 Å². The minimum atomic E-state index is -1.22. The second-order valence-corrected chi connectivity index (χ2v) is 8.22. The Hall–Kier alpha value is -4.43. The normalized spacial score (nSPS) is 11.4. The molecule has 0 aliphatic carbocycles. The molecule has 0 bridgehead atoms. The molecule has 3 aromatic carbocycles. The second kappa shape index (κ2) is 9.44. The molecule has 7 nitrogen and oxygen atoms in total. The molecule has 172 valence electrons. The zero-order valence-corrected chi connectivity index (χ0v) is 18.9. The fourth-order valence-electron chi connectivity index (χ4n) is 3.63. The molecule has 0 saturated carbocycles. The summed E-state index contributed by atoms with van der Waals surface area (Å²) in [4.78, 5) is 17.3. The molecule has 5 rings (SSSR count). The molecular weight excluding hydrogens is 469 g/mol. The molecule has 0 saturated heterocycles. The molecule has 0 aliphatic heterocycles. The Labute approximate surface area is 204 Å². The van der Waals surface area contributed by atoms with Crippen LogP contribution in [0.5, 0.6) is 0 Å². The van der Waals surface area contributed by atoms with Gasteiger partial charge in [-0.15, -0.1) is 10.2 Å². The third kappa shape index (κ3) is 5.07. The van der Waals surface area contributed by atoms with E-state index in [0.717, 1.165) is 33.8 Å². The lowest BCUT2D eigenvalue weighted by Gasteiger charge is -2.05. The topological polar surface area (TPSA) is 93.8 Å². The second-order valence-electron chi connectivity index (χ2n) is 7.78. The molecule has 0 amide bonds. The molecule has 0 fully saturated rings. The number of carboxylic acids is 1. The van der Waals surface area contributed by atoms with Crippen LogP contribution in [0.4, 0.5) is 4.39 Å². The molecule has 9 heteroatoms. The Morgan fingerprint density at radius 1 is 1.03 bits per heavy atom.